The van der Waals surface area contributed by atoms with Gasteiger partial charge in [0.25, 0.3) is 0 Å². The Labute approximate surface area is 135 Å². The summed E-state index contributed by atoms with van der Waals surface area (Å²) in [5.74, 6) is -2.21. The van der Waals surface area contributed by atoms with Gasteiger partial charge in [0.2, 0.25) is 0 Å². The molecule has 0 unspecified atom stereocenters. The van der Waals surface area contributed by atoms with E-state index >= 15 is 0 Å². The number of nitrogen functional groups attached to an aromatic ring is 1. The average Bonchev–Trinajstić information content (AvgIpc) is 3.16. The third-order valence-electron chi connectivity index (χ3n) is 4.49. The summed E-state index contributed by atoms with van der Waals surface area (Å²) in [6.45, 7) is 1.83. The van der Waals surface area contributed by atoms with E-state index in [1.54, 1.807) is 6.92 Å². The Morgan fingerprint density at radius 3 is 2.87 bits per heavy atom. The Balaban J connectivity index is 2.02. The fourth-order valence-electron chi connectivity index (χ4n) is 3.33. The van der Waals surface area contributed by atoms with Crippen LogP contribution in [-0.2, 0) is 5.54 Å². The number of carbonyl (C=O) groups is 1. The number of amides is 1. The third kappa shape index (κ3) is 2.48. The average molecular weight is 342 g/mol. The van der Waals surface area contributed by atoms with Crippen molar-refractivity contribution in [1.29, 1.82) is 0 Å². The van der Waals surface area contributed by atoms with Crippen molar-refractivity contribution < 1.29 is 18.7 Å². The first-order valence-electron chi connectivity index (χ1n) is 6.94. The number of carboxylic acid groups (broad SMARTS) is 1. The lowest BCUT2D eigenvalue weighted by molar-refractivity contribution is 0.194. The van der Waals surface area contributed by atoms with Crippen molar-refractivity contribution in [1.82, 2.24) is 5.32 Å². The number of thioether (sulfide) groups is 1. The second kappa shape index (κ2) is 4.98. The Hall–Kier alpha value is -2.03. The quantitative estimate of drug-likeness (QED) is 0.626. The number of hydrogen-bond acceptors (Lipinski definition) is 5. The molecule has 23 heavy (non-hydrogen) atoms. The minimum atomic E-state index is -1.14. The molecule has 9 heteroatoms. The van der Waals surface area contributed by atoms with E-state index in [-0.39, 0.29) is 28.9 Å². The molecule has 0 bridgehead atoms. The normalized spacial score (nSPS) is 32.0. The summed E-state index contributed by atoms with van der Waals surface area (Å²) in [5, 5.41) is 11.4. The Bertz CT molecular complexity index is 729. The summed E-state index contributed by atoms with van der Waals surface area (Å²) < 4.78 is 27.5. The molecule has 6 N–H and O–H groups in total. The Morgan fingerprint density at radius 2 is 2.22 bits per heavy atom. The molecular weight excluding hydrogens is 326 g/mol. The van der Waals surface area contributed by atoms with Gasteiger partial charge in [0, 0.05) is 28.5 Å². The van der Waals surface area contributed by atoms with Crippen molar-refractivity contribution in [3.63, 3.8) is 0 Å². The van der Waals surface area contributed by atoms with E-state index in [9.17, 15) is 13.6 Å². The van der Waals surface area contributed by atoms with Crippen LogP contribution in [0.4, 0.5) is 19.3 Å². The highest BCUT2D eigenvalue weighted by atomic mass is 32.2. The number of benzene rings is 1. The molecule has 1 aromatic rings. The van der Waals surface area contributed by atoms with Gasteiger partial charge in [-0.15, -0.1) is 0 Å². The van der Waals surface area contributed by atoms with E-state index in [1.807, 2.05) is 0 Å². The van der Waals surface area contributed by atoms with Gasteiger partial charge >= 0.3 is 6.09 Å². The fraction of sp³-hybridized carbons (Fsp3) is 0.429. The first-order valence-corrected chi connectivity index (χ1v) is 7.76. The molecule has 3 atom stereocenters. The monoisotopic (exact) mass is 342 g/mol. The number of aliphatic imine (C=N–C) groups is 1. The maximum absolute atomic E-state index is 14.3. The highest BCUT2D eigenvalue weighted by molar-refractivity contribution is 8.15. The lowest BCUT2D eigenvalue weighted by Crippen LogP contribution is -2.41. The number of nitrogens with one attached hydrogen (secondary N) is 1. The van der Waals surface area contributed by atoms with Crippen LogP contribution in [0.5, 0.6) is 0 Å². The summed E-state index contributed by atoms with van der Waals surface area (Å²) in [5.41, 5.74) is 10.6. The van der Waals surface area contributed by atoms with Gasteiger partial charge in [-0.05, 0) is 25.5 Å². The SMILES string of the molecule is C[C@]1(c2cc(N)cc(F)c2F)N=C(N)S[C@]2(CNC(=O)O)C[C@H]21. The predicted molar refractivity (Wildman–Crippen MR) is 84.2 cm³/mol. The second-order valence-electron chi connectivity index (χ2n) is 6.04. The molecule has 3 rings (SSSR count). The standard InChI is InChI=1S/C14H16F2N4O2S/c1-13(7-2-6(17)3-8(15)10(7)16)9-4-14(9,5-19-12(21)22)23-11(18)20-13/h2-3,9,19H,4-5,17H2,1H3,(H2,18,20)(H,21,22)/t9-,13+,14-/m0/s1. The first-order chi connectivity index (χ1) is 10.7. The van der Waals surface area contributed by atoms with Gasteiger partial charge in [0.15, 0.2) is 16.8 Å². The van der Waals surface area contributed by atoms with Crippen LogP contribution >= 0.6 is 11.8 Å². The largest absolute Gasteiger partial charge is 0.465 e. The Kier molecular flexibility index (Phi) is 3.44. The van der Waals surface area contributed by atoms with E-state index in [1.165, 1.54) is 17.8 Å². The van der Waals surface area contributed by atoms with Gasteiger partial charge in [-0.25, -0.2) is 13.6 Å². The number of anilines is 1. The molecule has 1 heterocycles. The van der Waals surface area contributed by atoms with Crippen LogP contribution in [0.25, 0.3) is 0 Å². The van der Waals surface area contributed by atoms with E-state index in [0.717, 1.165) is 6.07 Å². The molecule has 0 spiro atoms. The smallest absolute Gasteiger partial charge is 0.404 e. The lowest BCUT2D eigenvalue weighted by Gasteiger charge is -2.34. The van der Waals surface area contributed by atoms with Crippen molar-refractivity contribution in [3.8, 4) is 0 Å². The Morgan fingerprint density at radius 1 is 1.52 bits per heavy atom. The van der Waals surface area contributed by atoms with Gasteiger partial charge in [-0.2, -0.15) is 0 Å². The van der Waals surface area contributed by atoms with Crippen LogP contribution in [0.2, 0.25) is 0 Å². The summed E-state index contributed by atoms with van der Waals surface area (Å²) in [6.07, 6.45) is -0.552. The molecule has 6 nitrogen and oxygen atoms in total. The second-order valence-corrected chi connectivity index (χ2v) is 7.48. The number of hydrogen-bond donors (Lipinski definition) is 4. The van der Waals surface area contributed by atoms with Gasteiger partial charge in [0.05, 0.1) is 5.54 Å². The van der Waals surface area contributed by atoms with Crippen molar-refractivity contribution >= 4 is 28.7 Å². The predicted octanol–water partition coefficient (Wildman–Crippen LogP) is 1.85. The summed E-state index contributed by atoms with van der Waals surface area (Å²) in [4.78, 5) is 15.1. The van der Waals surface area contributed by atoms with Crippen LogP contribution in [0.3, 0.4) is 0 Å². The topological polar surface area (TPSA) is 114 Å². The minimum Gasteiger partial charge on any atom is -0.465 e. The lowest BCUT2D eigenvalue weighted by atomic mass is 9.85. The number of fused-ring (bicyclic) bond motifs is 1. The maximum atomic E-state index is 14.3. The number of amidine groups is 1. The minimum absolute atomic E-state index is 0.0421. The highest BCUT2D eigenvalue weighted by Crippen LogP contribution is 2.65. The molecule has 1 aliphatic carbocycles. The molecule has 1 aliphatic heterocycles. The van der Waals surface area contributed by atoms with Crippen LogP contribution in [0, 0.1) is 17.6 Å². The van der Waals surface area contributed by atoms with Crippen LogP contribution in [0.1, 0.15) is 18.9 Å². The molecular formula is C14H16F2N4O2S. The van der Waals surface area contributed by atoms with Crippen LogP contribution in [-0.4, -0.2) is 27.7 Å². The summed E-state index contributed by atoms with van der Waals surface area (Å²) in [7, 11) is 0. The maximum Gasteiger partial charge on any atom is 0.404 e. The first kappa shape index (κ1) is 15.9. The van der Waals surface area contributed by atoms with Crippen molar-refractivity contribution in [2.24, 2.45) is 16.6 Å². The molecule has 1 aromatic carbocycles. The number of nitrogens with zero attached hydrogens (tertiary/aromatic N) is 1. The van der Waals surface area contributed by atoms with Gasteiger partial charge < -0.3 is 21.9 Å². The number of nitrogens with two attached hydrogens (primary N) is 2. The molecule has 124 valence electrons. The van der Waals surface area contributed by atoms with Crippen molar-refractivity contribution in [3.05, 3.63) is 29.3 Å². The molecule has 0 radical (unpaired) electrons. The molecule has 1 amide bonds. The zero-order valence-corrected chi connectivity index (χ0v) is 13.1. The zero-order valence-electron chi connectivity index (χ0n) is 12.3. The molecule has 1 saturated carbocycles. The van der Waals surface area contributed by atoms with E-state index < -0.39 is 28.0 Å². The van der Waals surface area contributed by atoms with Gasteiger partial charge in [-0.1, -0.05) is 11.8 Å². The van der Waals surface area contributed by atoms with Gasteiger partial charge in [0.1, 0.15) is 0 Å². The molecule has 2 aliphatic rings. The van der Waals surface area contributed by atoms with E-state index in [2.05, 4.69) is 10.3 Å². The fourth-order valence-corrected chi connectivity index (χ4v) is 4.75. The van der Waals surface area contributed by atoms with Crippen molar-refractivity contribution in [2.45, 2.75) is 23.6 Å². The van der Waals surface area contributed by atoms with Crippen LogP contribution < -0.4 is 16.8 Å². The van der Waals surface area contributed by atoms with E-state index in [0.29, 0.717) is 6.42 Å². The number of halogens is 2. The van der Waals surface area contributed by atoms with E-state index in [4.69, 9.17) is 16.6 Å². The van der Waals surface area contributed by atoms with Gasteiger partial charge in [-0.3, -0.25) is 4.99 Å². The van der Waals surface area contributed by atoms with Crippen molar-refractivity contribution in [2.75, 3.05) is 12.3 Å². The molecule has 0 aromatic heterocycles. The highest BCUT2D eigenvalue weighted by Gasteiger charge is 2.66. The summed E-state index contributed by atoms with van der Waals surface area (Å²) >= 11 is 1.27. The summed E-state index contributed by atoms with van der Waals surface area (Å²) in [6, 6.07) is 2.28. The number of rotatable bonds is 3. The molecule has 1 fully saturated rings. The third-order valence-corrected chi connectivity index (χ3v) is 5.79. The molecule has 0 saturated heterocycles. The zero-order chi connectivity index (χ0) is 17.0. The van der Waals surface area contributed by atoms with Crippen LogP contribution in [0.15, 0.2) is 17.1 Å².